The monoisotopic (exact) mass is 433 g/mol. The van der Waals surface area contributed by atoms with Gasteiger partial charge in [0.1, 0.15) is 5.75 Å². The van der Waals surface area contributed by atoms with E-state index in [2.05, 4.69) is 5.32 Å². The van der Waals surface area contributed by atoms with Crippen molar-refractivity contribution in [3.8, 4) is 5.75 Å². The first-order valence-corrected chi connectivity index (χ1v) is 10.0. The van der Waals surface area contributed by atoms with Crippen LogP contribution in [0.15, 0.2) is 42.5 Å². The van der Waals surface area contributed by atoms with Gasteiger partial charge in [-0.1, -0.05) is 35.9 Å². The fraction of sp³-hybridized carbons (Fsp3) is 0.364. The Bertz CT molecular complexity index is 933. The second-order valence-corrected chi connectivity index (χ2v) is 8.00. The summed E-state index contributed by atoms with van der Waals surface area (Å²) in [6.07, 6.45) is 0.173. The molecule has 0 radical (unpaired) electrons. The number of aryl methyl sites for hydroxylation is 1. The summed E-state index contributed by atoms with van der Waals surface area (Å²) in [6, 6.07) is 12.5. The summed E-state index contributed by atoms with van der Waals surface area (Å²) in [7, 11) is 0. The number of hydrogen-bond acceptors (Lipinski definition) is 5. The standard InChI is InChI=1S/C22H24ClNO6/c1-13(24-12-18(25)15-3-2-4-17(23)11-15)9-14-5-6-19-16(10-14)7-8-22(30-19,20(26)27)21(28)29/h2-6,10-11,13,18,24-25H,7-9,12H2,1H3,(H,26,27)(H,28,29). The highest BCUT2D eigenvalue weighted by Gasteiger charge is 2.51. The summed E-state index contributed by atoms with van der Waals surface area (Å²) in [4.78, 5) is 22.9. The molecule has 8 heteroatoms. The first-order valence-electron chi connectivity index (χ1n) is 9.66. The summed E-state index contributed by atoms with van der Waals surface area (Å²) < 4.78 is 5.38. The van der Waals surface area contributed by atoms with E-state index in [1.807, 2.05) is 19.1 Å². The van der Waals surface area contributed by atoms with E-state index in [1.54, 1.807) is 30.3 Å². The third-order valence-corrected chi connectivity index (χ3v) is 5.52. The highest BCUT2D eigenvalue weighted by Crippen LogP contribution is 2.34. The quantitative estimate of drug-likeness (QED) is 0.473. The smallest absolute Gasteiger partial charge is 0.360 e. The maximum Gasteiger partial charge on any atom is 0.360 e. The molecule has 0 bridgehead atoms. The number of aliphatic hydroxyl groups excluding tert-OH is 1. The fourth-order valence-electron chi connectivity index (χ4n) is 3.57. The number of nitrogens with one attached hydrogen (secondary N) is 1. The van der Waals surface area contributed by atoms with Gasteiger partial charge in [-0.3, -0.25) is 0 Å². The Labute approximate surface area is 179 Å². The Kier molecular flexibility index (Phi) is 6.65. The van der Waals surface area contributed by atoms with Crippen LogP contribution in [0.3, 0.4) is 0 Å². The number of halogens is 1. The van der Waals surface area contributed by atoms with Gasteiger partial charge in [-0.2, -0.15) is 0 Å². The molecule has 3 rings (SSSR count). The fourth-order valence-corrected chi connectivity index (χ4v) is 3.77. The van der Waals surface area contributed by atoms with Crippen LogP contribution in [0.1, 0.15) is 36.1 Å². The Morgan fingerprint density at radius 2 is 1.93 bits per heavy atom. The molecule has 1 aliphatic rings. The van der Waals surface area contributed by atoms with E-state index in [1.165, 1.54) is 0 Å². The van der Waals surface area contributed by atoms with Gasteiger partial charge in [-0.25, -0.2) is 9.59 Å². The van der Waals surface area contributed by atoms with E-state index in [0.29, 0.717) is 24.4 Å². The Morgan fingerprint density at radius 3 is 2.60 bits per heavy atom. The molecule has 160 valence electrons. The molecule has 1 aliphatic heterocycles. The molecular formula is C22H24ClNO6. The van der Waals surface area contributed by atoms with Crippen LogP contribution >= 0.6 is 11.6 Å². The largest absolute Gasteiger partial charge is 0.478 e. The molecule has 2 aromatic rings. The summed E-state index contributed by atoms with van der Waals surface area (Å²) in [6.45, 7) is 2.37. The minimum atomic E-state index is -2.24. The predicted molar refractivity (Wildman–Crippen MR) is 111 cm³/mol. The Balaban J connectivity index is 1.60. The molecule has 4 N–H and O–H groups in total. The molecule has 7 nitrogen and oxygen atoms in total. The van der Waals surface area contributed by atoms with Crippen molar-refractivity contribution in [2.75, 3.05) is 6.54 Å². The summed E-state index contributed by atoms with van der Waals surface area (Å²) in [5.41, 5.74) is 0.304. The molecule has 0 saturated carbocycles. The van der Waals surface area contributed by atoms with E-state index in [4.69, 9.17) is 16.3 Å². The van der Waals surface area contributed by atoms with Crippen LogP contribution in [0.5, 0.6) is 5.75 Å². The molecule has 0 saturated heterocycles. The summed E-state index contributed by atoms with van der Waals surface area (Å²) >= 11 is 5.96. The van der Waals surface area contributed by atoms with Crippen molar-refractivity contribution in [1.29, 1.82) is 0 Å². The van der Waals surface area contributed by atoms with E-state index < -0.39 is 23.6 Å². The second kappa shape index (κ2) is 9.04. The van der Waals surface area contributed by atoms with Gasteiger partial charge in [-0.15, -0.1) is 0 Å². The molecule has 1 heterocycles. The molecule has 0 aromatic heterocycles. The molecule has 0 amide bonds. The number of fused-ring (bicyclic) bond motifs is 1. The Hall–Kier alpha value is -2.61. The maximum atomic E-state index is 11.4. The van der Waals surface area contributed by atoms with Gasteiger partial charge in [-0.05, 0) is 54.7 Å². The third-order valence-electron chi connectivity index (χ3n) is 5.28. The zero-order chi connectivity index (χ0) is 21.9. The number of rotatable bonds is 8. The first kappa shape index (κ1) is 22.1. The maximum absolute atomic E-state index is 11.4. The molecule has 0 fully saturated rings. The van der Waals surface area contributed by atoms with Crippen LogP contribution in [-0.2, 0) is 22.4 Å². The molecule has 2 aromatic carbocycles. The number of carboxylic acid groups (broad SMARTS) is 2. The number of carbonyl (C=O) groups is 2. The first-order chi connectivity index (χ1) is 14.2. The van der Waals surface area contributed by atoms with Crippen molar-refractivity contribution in [2.24, 2.45) is 0 Å². The lowest BCUT2D eigenvalue weighted by Crippen LogP contribution is -2.53. The van der Waals surface area contributed by atoms with Gasteiger partial charge in [0, 0.05) is 24.0 Å². The average Bonchev–Trinajstić information content (AvgIpc) is 2.71. The SMILES string of the molecule is CC(Cc1ccc2c(c1)CCC(C(=O)O)(C(=O)O)O2)NCC(O)c1cccc(Cl)c1. The van der Waals surface area contributed by atoms with Gasteiger partial charge in [0.2, 0.25) is 0 Å². The highest BCUT2D eigenvalue weighted by molar-refractivity contribution is 6.30. The van der Waals surface area contributed by atoms with Crippen molar-refractivity contribution in [1.82, 2.24) is 5.32 Å². The molecule has 0 spiro atoms. The topological polar surface area (TPSA) is 116 Å². The minimum absolute atomic E-state index is 0.0681. The van der Waals surface area contributed by atoms with Crippen LogP contribution < -0.4 is 10.1 Å². The Morgan fingerprint density at radius 1 is 1.20 bits per heavy atom. The second-order valence-electron chi connectivity index (χ2n) is 7.57. The van der Waals surface area contributed by atoms with Crippen LogP contribution in [0.25, 0.3) is 0 Å². The number of benzene rings is 2. The van der Waals surface area contributed by atoms with Gasteiger partial charge in [0.15, 0.2) is 0 Å². The predicted octanol–water partition coefficient (Wildman–Crippen LogP) is 2.83. The van der Waals surface area contributed by atoms with Crippen molar-refractivity contribution >= 4 is 23.5 Å². The lowest BCUT2D eigenvalue weighted by atomic mass is 9.90. The number of aliphatic hydroxyl groups is 1. The van der Waals surface area contributed by atoms with Crippen LogP contribution in [0.2, 0.25) is 5.02 Å². The van der Waals surface area contributed by atoms with Gasteiger partial charge in [0.25, 0.3) is 0 Å². The number of aliphatic carboxylic acids is 2. The normalized spacial score (nSPS) is 16.8. The molecule has 30 heavy (non-hydrogen) atoms. The lowest BCUT2D eigenvalue weighted by molar-refractivity contribution is -0.174. The van der Waals surface area contributed by atoms with Gasteiger partial charge in [0.05, 0.1) is 6.10 Å². The number of carboxylic acids is 2. The minimum Gasteiger partial charge on any atom is -0.478 e. The molecular weight excluding hydrogens is 410 g/mol. The van der Waals surface area contributed by atoms with Crippen molar-refractivity contribution < 1.29 is 29.6 Å². The van der Waals surface area contributed by atoms with Crippen molar-refractivity contribution in [3.63, 3.8) is 0 Å². The number of hydrogen-bond donors (Lipinski definition) is 4. The van der Waals surface area contributed by atoms with E-state index in [0.717, 1.165) is 16.7 Å². The highest BCUT2D eigenvalue weighted by atomic mass is 35.5. The van der Waals surface area contributed by atoms with Gasteiger partial charge >= 0.3 is 17.5 Å². The lowest BCUT2D eigenvalue weighted by Gasteiger charge is -2.31. The van der Waals surface area contributed by atoms with Gasteiger partial charge < -0.3 is 25.4 Å². The van der Waals surface area contributed by atoms with E-state index in [9.17, 15) is 24.9 Å². The van der Waals surface area contributed by atoms with Crippen LogP contribution in [0.4, 0.5) is 0 Å². The number of ether oxygens (including phenoxy) is 1. The zero-order valence-electron chi connectivity index (χ0n) is 16.5. The molecule has 0 aliphatic carbocycles. The molecule has 2 unspecified atom stereocenters. The summed E-state index contributed by atoms with van der Waals surface area (Å²) in [5, 5.41) is 32.8. The van der Waals surface area contributed by atoms with Crippen LogP contribution in [-0.4, -0.2) is 45.4 Å². The summed E-state index contributed by atoms with van der Waals surface area (Å²) in [5.74, 6) is -2.71. The van der Waals surface area contributed by atoms with E-state index >= 15 is 0 Å². The van der Waals surface area contributed by atoms with Crippen molar-refractivity contribution in [3.05, 3.63) is 64.2 Å². The molecule has 2 atom stereocenters. The zero-order valence-corrected chi connectivity index (χ0v) is 17.2. The van der Waals surface area contributed by atoms with E-state index in [-0.39, 0.29) is 18.2 Å². The van der Waals surface area contributed by atoms with Crippen LogP contribution in [0, 0.1) is 0 Å². The average molecular weight is 434 g/mol. The third kappa shape index (κ3) is 4.75. The van der Waals surface area contributed by atoms with Crippen molar-refractivity contribution in [2.45, 2.75) is 43.9 Å².